The van der Waals surface area contributed by atoms with Gasteiger partial charge in [0.15, 0.2) is 0 Å². The van der Waals surface area contributed by atoms with Gasteiger partial charge in [-0.2, -0.15) is 0 Å². The lowest BCUT2D eigenvalue weighted by Crippen LogP contribution is -2.31. The molecule has 4 nitrogen and oxygen atoms in total. The average Bonchev–Trinajstić information content (AvgIpc) is 2.36. The normalized spacial score (nSPS) is 10.6. The highest BCUT2D eigenvalue weighted by Crippen LogP contribution is 2.29. The smallest absolute Gasteiger partial charge is 0.234 e. The van der Waals surface area contributed by atoms with Crippen LogP contribution in [-0.4, -0.2) is 26.6 Å². The number of hydrogen-bond donors (Lipinski definition) is 2. The summed E-state index contributed by atoms with van der Waals surface area (Å²) in [6.45, 7) is 7.20. The van der Waals surface area contributed by atoms with Crippen molar-refractivity contribution in [2.45, 2.75) is 33.2 Å². The summed E-state index contributed by atoms with van der Waals surface area (Å²) in [6, 6.07) is 4.16. The maximum atomic E-state index is 11.5. The van der Waals surface area contributed by atoms with Crippen LogP contribution in [0, 0.1) is 6.92 Å². The number of carbonyl (C=O) groups excluding carboxylic acids is 1. The van der Waals surface area contributed by atoms with Crippen molar-refractivity contribution in [2.24, 2.45) is 0 Å². The number of ether oxygens (including phenoxy) is 1. The molecule has 1 aromatic rings. The van der Waals surface area contributed by atoms with E-state index < -0.39 is 0 Å². The number of benzene rings is 1. The quantitative estimate of drug-likeness (QED) is 0.826. The van der Waals surface area contributed by atoms with E-state index >= 15 is 0 Å². The molecule has 0 heterocycles. The number of rotatable bonds is 6. The third-order valence-corrected chi connectivity index (χ3v) is 3.12. The summed E-state index contributed by atoms with van der Waals surface area (Å²) in [7, 11) is 3.45. The summed E-state index contributed by atoms with van der Waals surface area (Å²) in [6.07, 6.45) is 0. The van der Waals surface area contributed by atoms with E-state index in [0.29, 0.717) is 19.0 Å². The van der Waals surface area contributed by atoms with Gasteiger partial charge in [-0.1, -0.05) is 13.8 Å². The van der Waals surface area contributed by atoms with Crippen molar-refractivity contribution in [3.8, 4) is 5.75 Å². The molecule has 106 valence electrons. The zero-order chi connectivity index (χ0) is 14.4. The zero-order valence-electron chi connectivity index (χ0n) is 12.5. The molecule has 2 N–H and O–H groups in total. The molecular weight excluding hydrogens is 240 g/mol. The molecule has 0 saturated carbocycles. The molecule has 0 aliphatic heterocycles. The maximum Gasteiger partial charge on any atom is 0.234 e. The van der Waals surface area contributed by atoms with E-state index in [2.05, 4.69) is 30.5 Å². The molecule has 1 rings (SSSR count). The lowest BCUT2D eigenvalue weighted by atomic mass is 9.96. The first-order valence-corrected chi connectivity index (χ1v) is 6.58. The predicted molar refractivity (Wildman–Crippen MR) is 77.6 cm³/mol. The zero-order valence-corrected chi connectivity index (χ0v) is 12.5. The standard InChI is InChI=1S/C15H24N2O2/c1-10(2)13-7-12(8-17-15(18)9-16-4)11(3)6-14(13)19-5/h6-7,10,16H,8-9H2,1-5H3,(H,17,18). The molecule has 0 unspecified atom stereocenters. The Morgan fingerprint density at radius 3 is 2.58 bits per heavy atom. The first-order valence-electron chi connectivity index (χ1n) is 6.58. The number of nitrogens with one attached hydrogen (secondary N) is 2. The summed E-state index contributed by atoms with van der Waals surface area (Å²) < 4.78 is 5.41. The molecule has 0 radical (unpaired) electrons. The number of carbonyl (C=O) groups is 1. The van der Waals surface area contributed by atoms with E-state index in [4.69, 9.17) is 4.74 Å². The lowest BCUT2D eigenvalue weighted by molar-refractivity contribution is -0.120. The molecule has 1 amide bonds. The fourth-order valence-electron chi connectivity index (χ4n) is 1.98. The highest BCUT2D eigenvalue weighted by Gasteiger charge is 2.11. The van der Waals surface area contributed by atoms with Crippen molar-refractivity contribution in [3.05, 3.63) is 28.8 Å². The Morgan fingerprint density at radius 2 is 2.05 bits per heavy atom. The van der Waals surface area contributed by atoms with Crippen LogP contribution in [0.15, 0.2) is 12.1 Å². The Bertz CT molecular complexity index is 442. The van der Waals surface area contributed by atoms with E-state index in [1.807, 2.05) is 13.0 Å². The van der Waals surface area contributed by atoms with Gasteiger partial charge in [-0.15, -0.1) is 0 Å². The minimum absolute atomic E-state index is 0.00353. The summed E-state index contributed by atoms with van der Waals surface area (Å²) in [5, 5.41) is 5.74. The van der Waals surface area contributed by atoms with Crippen LogP contribution < -0.4 is 15.4 Å². The second kappa shape index (κ2) is 7.14. The number of likely N-dealkylation sites (N-methyl/N-ethyl adjacent to an activating group) is 1. The second-order valence-corrected chi connectivity index (χ2v) is 4.98. The third kappa shape index (κ3) is 4.24. The van der Waals surface area contributed by atoms with E-state index in [0.717, 1.165) is 16.9 Å². The van der Waals surface area contributed by atoms with Gasteiger partial charge < -0.3 is 15.4 Å². The molecule has 0 aliphatic carbocycles. The highest BCUT2D eigenvalue weighted by atomic mass is 16.5. The molecule has 0 atom stereocenters. The fraction of sp³-hybridized carbons (Fsp3) is 0.533. The van der Waals surface area contributed by atoms with Crippen LogP contribution in [0.4, 0.5) is 0 Å². The largest absolute Gasteiger partial charge is 0.496 e. The van der Waals surface area contributed by atoms with E-state index in [1.54, 1.807) is 14.2 Å². The number of hydrogen-bond acceptors (Lipinski definition) is 3. The molecule has 0 fully saturated rings. The Labute approximate surface area is 115 Å². The van der Waals surface area contributed by atoms with E-state index in [-0.39, 0.29) is 5.91 Å². The summed E-state index contributed by atoms with van der Waals surface area (Å²) in [5.74, 6) is 1.31. The first kappa shape index (κ1) is 15.5. The van der Waals surface area contributed by atoms with Crippen LogP contribution in [0.2, 0.25) is 0 Å². The van der Waals surface area contributed by atoms with Crippen LogP contribution in [0.25, 0.3) is 0 Å². The molecule has 0 spiro atoms. The minimum atomic E-state index is 0.00353. The topological polar surface area (TPSA) is 50.4 Å². The van der Waals surface area contributed by atoms with Crippen molar-refractivity contribution in [1.82, 2.24) is 10.6 Å². The molecule has 0 bridgehead atoms. The molecule has 0 aliphatic rings. The average molecular weight is 264 g/mol. The molecule has 0 aromatic heterocycles. The SMILES string of the molecule is CNCC(=O)NCc1cc(C(C)C)c(OC)cc1C. The van der Waals surface area contributed by atoms with E-state index in [1.165, 1.54) is 5.56 Å². The fourth-order valence-corrected chi connectivity index (χ4v) is 1.98. The lowest BCUT2D eigenvalue weighted by Gasteiger charge is -2.16. The predicted octanol–water partition coefficient (Wildman–Crippen LogP) is 1.96. The Hall–Kier alpha value is -1.55. The van der Waals surface area contributed by atoms with Gasteiger partial charge in [0.1, 0.15) is 5.75 Å². The van der Waals surface area contributed by atoms with Crippen LogP contribution >= 0.6 is 0 Å². The highest BCUT2D eigenvalue weighted by molar-refractivity contribution is 5.77. The van der Waals surface area contributed by atoms with E-state index in [9.17, 15) is 4.79 Å². The monoisotopic (exact) mass is 264 g/mol. The van der Waals surface area contributed by atoms with Crippen LogP contribution in [0.5, 0.6) is 5.75 Å². The van der Waals surface area contributed by atoms with Gasteiger partial charge in [0.2, 0.25) is 5.91 Å². The molecule has 0 saturated heterocycles. The van der Waals surface area contributed by atoms with Crippen molar-refractivity contribution in [1.29, 1.82) is 0 Å². The third-order valence-electron chi connectivity index (χ3n) is 3.12. The van der Waals surface area contributed by atoms with Crippen LogP contribution in [-0.2, 0) is 11.3 Å². The van der Waals surface area contributed by atoms with Gasteiger partial charge in [-0.05, 0) is 48.7 Å². The van der Waals surface area contributed by atoms with Gasteiger partial charge in [-0.3, -0.25) is 4.79 Å². The minimum Gasteiger partial charge on any atom is -0.496 e. The van der Waals surface area contributed by atoms with Crippen molar-refractivity contribution < 1.29 is 9.53 Å². The maximum absolute atomic E-state index is 11.5. The summed E-state index contributed by atoms with van der Waals surface area (Å²) in [4.78, 5) is 11.5. The summed E-state index contributed by atoms with van der Waals surface area (Å²) in [5.41, 5.74) is 3.44. The van der Waals surface area contributed by atoms with Crippen LogP contribution in [0.3, 0.4) is 0 Å². The first-order chi connectivity index (χ1) is 8.99. The van der Waals surface area contributed by atoms with Crippen molar-refractivity contribution in [3.63, 3.8) is 0 Å². The van der Waals surface area contributed by atoms with Crippen molar-refractivity contribution >= 4 is 5.91 Å². The Kier molecular flexibility index (Phi) is 5.83. The molecule has 19 heavy (non-hydrogen) atoms. The number of methoxy groups -OCH3 is 1. The number of aryl methyl sites for hydroxylation is 1. The van der Waals surface area contributed by atoms with Crippen molar-refractivity contribution in [2.75, 3.05) is 20.7 Å². The summed E-state index contributed by atoms with van der Waals surface area (Å²) >= 11 is 0. The van der Waals surface area contributed by atoms with Gasteiger partial charge in [-0.25, -0.2) is 0 Å². The molecular formula is C15H24N2O2. The Balaban J connectivity index is 2.89. The number of amides is 1. The van der Waals surface area contributed by atoms with Crippen LogP contribution in [0.1, 0.15) is 36.5 Å². The van der Waals surface area contributed by atoms with Gasteiger partial charge in [0.25, 0.3) is 0 Å². The van der Waals surface area contributed by atoms with Gasteiger partial charge in [0.05, 0.1) is 13.7 Å². The van der Waals surface area contributed by atoms with Gasteiger partial charge >= 0.3 is 0 Å². The Morgan fingerprint density at radius 1 is 1.37 bits per heavy atom. The molecule has 4 heteroatoms. The second-order valence-electron chi connectivity index (χ2n) is 4.98. The van der Waals surface area contributed by atoms with Gasteiger partial charge in [0, 0.05) is 6.54 Å². The molecule has 1 aromatic carbocycles.